The van der Waals surface area contributed by atoms with Gasteiger partial charge >= 0.3 is 5.97 Å². The number of amides is 1. The summed E-state index contributed by atoms with van der Waals surface area (Å²) in [7, 11) is -3.46. The number of sulfone groups is 1. The zero-order valence-corrected chi connectivity index (χ0v) is 24.0. The molecule has 0 aromatic heterocycles. The summed E-state index contributed by atoms with van der Waals surface area (Å²) in [6.45, 7) is 6.05. The van der Waals surface area contributed by atoms with Crippen LogP contribution < -0.4 is 10.6 Å². The van der Waals surface area contributed by atoms with Gasteiger partial charge in [0, 0.05) is 29.2 Å². The van der Waals surface area contributed by atoms with Crippen LogP contribution in [0.1, 0.15) is 37.0 Å². The minimum atomic E-state index is -3.46. The van der Waals surface area contributed by atoms with Crippen molar-refractivity contribution >= 4 is 56.0 Å². The highest BCUT2D eigenvalue weighted by Gasteiger charge is 2.29. The number of carboxylic acids is 1. The Hall–Kier alpha value is -3.66. The van der Waals surface area contributed by atoms with E-state index in [-0.39, 0.29) is 23.0 Å². The van der Waals surface area contributed by atoms with Gasteiger partial charge in [-0.3, -0.25) is 9.59 Å². The predicted octanol–water partition coefficient (Wildman–Crippen LogP) is 5.41. The van der Waals surface area contributed by atoms with E-state index in [2.05, 4.69) is 15.5 Å². The maximum atomic E-state index is 13.2. The van der Waals surface area contributed by atoms with E-state index in [1.807, 2.05) is 38.1 Å². The molecule has 1 amide bonds. The molecule has 0 bridgehead atoms. The van der Waals surface area contributed by atoms with Gasteiger partial charge in [-0.05, 0) is 67.0 Å². The summed E-state index contributed by atoms with van der Waals surface area (Å²) in [5, 5.41) is 15.7. The van der Waals surface area contributed by atoms with E-state index in [0.717, 1.165) is 18.7 Å². The van der Waals surface area contributed by atoms with Crippen LogP contribution in [0.15, 0.2) is 71.6 Å². The molecule has 0 saturated carbocycles. The number of carboxylic acid groups (broad SMARTS) is 1. The molecule has 0 unspecified atom stereocenters. The fourth-order valence-corrected chi connectivity index (χ4v) is 6.02. The van der Waals surface area contributed by atoms with Crippen molar-refractivity contribution in [1.29, 1.82) is 0 Å². The fourth-order valence-electron chi connectivity index (χ4n) is 4.56. The molecule has 210 valence electrons. The summed E-state index contributed by atoms with van der Waals surface area (Å²) in [6.07, 6.45) is 0.410. The van der Waals surface area contributed by atoms with Crippen LogP contribution in [0, 0.1) is 0 Å². The first kappa shape index (κ1) is 29.3. The number of halogens is 1. The number of aliphatic carboxylic acids is 1. The molecule has 4 rings (SSSR count). The van der Waals surface area contributed by atoms with Crippen molar-refractivity contribution in [2.45, 2.75) is 31.6 Å². The average Bonchev–Trinajstić information content (AvgIpc) is 3.26. The fraction of sp³-hybridized carbons (Fsp3) is 0.267. The number of hydrogen-bond acceptors (Lipinski definition) is 6. The van der Waals surface area contributed by atoms with Crippen LogP contribution in [0.4, 0.5) is 11.4 Å². The van der Waals surface area contributed by atoms with Gasteiger partial charge in [-0.2, -0.15) is 0 Å². The molecule has 40 heavy (non-hydrogen) atoms. The Morgan fingerprint density at radius 1 is 1.00 bits per heavy atom. The number of carbonyl (C=O) groups excluding carboxylic acids is 1. The molecule has 1 aliphatic heterocycles. The van der Waals surface area contributed by atoms with Gasteiger partial charge in [0.1, 0.15) is 0 Å². The average molecular weight is 582 g/mol. The Morgan fingerprint density at radius 3 is 2.30 bits per heavy atom. The summed E-state index contributed by atoms with van der Waals surface area (Å²) in [4.78, 5) is 26.4. The number of nitrogens with one attached hydrogen (secondary N) is 2. The highest BCUT2D eigenvalue weighted by Crippen LogP contribution is 2.39. The number of fused-ring (bicyclic) bond motifs is 1. The van der Waals surface area contributed by atoms with Crippen LogP contribution in [0.25, 0.3) is 11.3 Å². The molecule has 1 aliphatic rings. The van der Waals surface area contributed by atoms with E-state index in [0.29, 0.717) is 51.8 Å². The highest BCUT2D eigenvalue weighted by atomic mass is 35.5. The van der Waals surface area contributed by atoms with Crippen molar-refractivity contribution in [3.05, 3.63) is 88.4 Å². The second kappa shape index (κ2) is 12.7. The third-order valence-electron chi connectivity index (χ3n) is 6.90. The summed E-state index contributed by atoms with van der Waals surface area (Å²) in [5.74, 6) is -1.14. The van der Waals surface area contributed by atoms with Crippen LogP contribution in [0.2, 0.25) is 5.02 Å². The molecule has 10 heteroatoms. The summed E-state index contributed by atoms with van der Waals surface area (Å²) < 4.78 is 25.8. The van der Waals surface area contributed by atoms with Crippen LogP contribution in [-0.2, 0) is 25.8 Å². The maximum Gasteiger partial charge on any atom is 0.303 e. The van der Waals surface area contributed by atoms with Crippen LogP contribution in [0.5, 0.6) is 0 Å². The Kier molecular flexibility index (Phi) is 9.29. The second-order valence-corrected chi connectivity index (χ2v) is 12.0. The first-order chi connectivity index (χ1) is 19.1. The second-order valence-electron chi connectivity index (χ2n) is 9.48. The van der Waals surface area contributed by atoms with Gasteiger partial charge in [-0.15, -0.1) is 0 Å². The highest BCUT2D eigenvalue weighted by molar-refractivity contribution is 7.91. The van der Waals surface area contributed by atoms with E-state index in [1.54, 1.807) is 42.5 Å². The van der Waals surface area contributed by atoms with Gasteiger partial charge in [-0.1, -0.05) is 55.8 Å². The van der Waals surface area contributed by atoms with E-state index in [9.17, 15) is 18.0 Å². The smallest absolute Gasteiger partial charge is 0.303 e. The Labute approximate surface area is 239 Å². The first-order valence-electron chi connectivity index (χ1n) is 13.1. The minimum Gasteiger partial charge on any atom is -0.481 e. The quantitative estimate of drug-likeness (QED) is 0.245. The molecule has 0 atom stereocenters. The first-order valence-corrected chi connectivity index (χ1v) is 15.1. The lowest BCUT2D eigenvalue weighted by Crippen LogP contribution is -2.29. The van der Waals surface area contributed by atoms with Crippen molar-refractivity contribution < 1.29 is 23.1 Å². The summed E-state index contributed by atoms with van der Waals surface area (Å²) in [6, 6.07) is 19.0. The van der Waals surface area contributed by atoms with Gasteiger partial charge < -0.3 is 20.6 Å². The molecule has 3 aromatic rings. The van der Waals surface area contributed by atoms with Crippen molar-refractivity contribution in [3.63, 3.8) is 0 Å². The number of anilines is 2. The lowest BCUT2D eigenvalue weighted by atomic mass is 9.98. The van der Waals surface area contributed by atoms with Crippen LogP contribution >= 0.6 is 11.6 Å². The molecule has 1 heterocycles. The Bertz CT molecular complexity index is 1530. The van der Waals surface area contributed by atoms with Crippen molar-refractivity contribution in [2.75, 3.05) is 36.0 Å². The lowest BCUT2D eigenvalue weighted by Gasteiger charge is -2.18. The standard InChI is InChI=1S/C30H32ClN3O5S/c1-3-34(4-2)17-18-40(38,39)24-13-11-23(12-14-24)32-29(21-8-5-20(6-9-21)7-16-27(35)36)28-25-15-10-22(31)19-26(25)33-30(28)37/h5-6,8-15,19,32H,3-4,7,16-18H2,1-2H3,(H,33,37)(H,35,36). The predicted molar refractivity (Wildman–Crippen MR) is 159 cm³/mol. The molecule has 0 fully saturated rings. The SMILES string of the molecule is CCN(CC)CCS(=O)(=O)c1ccc(NC(=C2C(=O)Nc3cc(Cl)ccc32)c2ccc(CCC(=O)O)cc2)cc1. The molecular formula is C30H32ClN3O5S. The third-order valence-corrected chi connectivity index (χ3v) is 8.85. The van der Waals surface area contributed by atoms with Crippen molar-refractivity contribution in [3.8, 4) is 0 Å². The molecule has 0 spiro atoms. The number of carbonyl (C=O) groups is 2. The number of rotatable bonds is 12. The normalized spacial score (nSPS) is 14.2. The minimum absolute atomic E-state index is 0.0201. The van der Waals surface area contributed by atoms with Crippen LogP contribution in [-0.4, -0.2) is 55.7 Å². The third kappa shape index (κ3) is 6.91. The van der Waals surface area contributed by atoms with Gasteiger partial charge in [0.05, 0.1) is 27.6 Å². The molecule has 3 N–H and O–H groups in total. The molecule has 3 aromatic carbocycles. The summed E-state index contributed by atoms with van der Waals surface area (Å²) >= 11 is 6.15. The van der Waals surface area contributed by atoms with E-state index in [1.165, 1.54) is 0 Å². The van der Waals surface area contributed by atoms with E-state index >= 15 is 0 Å². The van der Waals surface area contributed by atoms with Gasteiger partial charge in [0.15, 0.2) is 9.84 Å². The van der Waals surface area contributed by atoms with Gasteiger partial charge in [0.25, 0.3) is 5.91 Å². The zero-order chi connectivity index (χ0) is 28.9. The number of nitrogens with zero attached hydrogens (tertiary/aromatic N) is 1. The van der Waals surface area contributed by atoms with Crippen molar-refractivity contribution in [2.24, 2.45) is 0 Å². The van der Waals surface area contributed by atoms with Gasteiger partial charge in [-0.25, -0.2) is 8.42 Å². The number of aryl methyl sites for hydroxylation is 1. The summed E-state index contributed by atoms with van der Waals surface area (Å²) in [5.41, 5.74) is 4.40. The van der Waals surface area contributed by atoms with Crippen molar-refractivity contribution in [1.82, 2.24) is 4.90 Å². The molecule has 0 aliphatic carbocycles. The largest absolute Gasteiger partial charge is 0.481 e. The monoisotopic (exact) mass is 581 g/mol. The number of hydrogen-bond donors (Lipinski definition) is 3. The van der Waals surface area contributed by atoms with E-state index in [4.69, 9.17) is 16.7 Å². The topological polar surface area (TPSA) is 116 Å². The van der Waals surface area contributed by atoms with Gasteiger partial charge in [0.2, 0.25) is 0 Å². The molecule has 8 nitrogen and oxygen atoms in total. The Morgan fingerprint density at radius 2 is 1.68 bits per heavy atom. The molecule has 0 saturated heterocycles. The maximum absolute atomic E-state index is 13.2. The van der Waals surface area contributed by atoms with E-state index < -0.39 is 15.8 Å². The van der Waals surface area contributed by atoms with Crippen LogP contribution in [0.3, 0.4) is 0 Å². The molecular weight excluding hydrogens is 550 g/mol. The number of benzene rings is 3. The zero-order valence-electron chi connectivity index (χ0n) is 22.4. The lowest BCUT2D eigenvalue weighted by molar-refractivity contribution is -0.137. The Balaban J connectivity index is 1.67. The molecule has 0 radical (unpaired) electrons.